The van der Waals surface area contributed by atoms with Crippen molar-refractivity contribution in [2.24, 2.45) is 11.3 Å². The number of Topliss-reactive ketones (excluding diaryl/α,β-unsaturated/α-hetero) is 1. The van der Waals surface area contributed by atoms with Crippen molar-refractivity contribution in [2.45, 2.75) is 97.0 Å². The number of hydrogen-bond donors (Lipinski definition) is 4. The van der Waals surface area contributed by atoms with E-state index in [2.05, 4.69) is 21.3 Å². The molecule has 2 aromatic carbocycles. The van der Waals surface area contributed by atoms with E-state index in [1.165, 1.54) is 29.2 Å². The summed E-state index contributed by atoms with van der Waals surface area (Å²) in [6.45, 7) is 7.95. The van der Waals surface area contributed by atoms with Gasteiger partial charge in [0, 0.05) is 31.5 Å². The normalized spacial score (nSPS) is 19.3. The summed E-state index contributed by atoms with van der Waals surface area (Å²) >= 11 is 0. The van der Waals surface area contributed by atoms with Crippen LogP contribution in [-0.4, -0.2) is 77.7 Å². The summed E-state index contributed by atoms with van der Waals surface area (Å²) in [7, 11) is 0. The summed E-state index contributed by atoms with van der Waals surface area (Å²) in [5.74, 6) is -4.24. The number of carbonyl (C=O) groups is 6. The van der Waals surface area contributed by atoms with Crippen LogP contribution in [0.1, 0.15) is 70.9 Å². The van der Waals surface area contributed by atoms with E-state index in [0.29, 0.717) is 31.4 Å². The van der Waals surface area contributed by atoms with Crippen molar-refractivity contribution in [3.63, 3.8) is 0 Å². The van der Waals surface area contributed by atoms with Crippen LogP contribution in [0.2, 0.25) is 0 Å². The van der Waals surface area contributed by atoms with Crippen LogP contribution in [0.4, 0.5) is 9.18 Å². The van der Waals surface area contributed by atoms with Crippen molar-refractivity contribution in [1.29, 1.82) is 0 Å². The fraction of sp³-hybridized carbons (Fsp3) is 0.514. The Kier molecular flexibility index (Phi) is 13.1. The molecule has 4 N–H and O–H groups in total. The molecule has 2 heterocycles. The molecule has 2 aromatic rings. The lowest BCUT2D eigenvalue weighted by molar-refractivity contribution is -0.143. The summed E-state index contributed by atoms with van der Waals surface area (Å²) in [6, 6.07) is 10.7. The Bertz CT molecular complexity index is 1530. The van der Waals surface area contributed by atoms with Crippen molar-refractivity contribution in [2.75, 3.05) is 13.1 Å². The lowest BCUT2D eigenvalue weighted by Gasteiger charge is -2.30. The lowest BCUT2D eigenvalue weighted by atomic mass is 9.80. The monoisotopic (exact) mass is 693 g/mol. The molecule has 0 saturated carbocycles. The van der Waals surface area contributed by atoms with Crippen LogP contribution in [0, 0.1) is 17.2 Å². The Morgan fingerprint density at radius 2 is 1.62 bits per heavy atom. The van der Waals surface area contributed by atoms with Crippen LogP contribution in [-0.2, 0) is 41.7 Å². The quantitative estimate of drug-likeness (QED) is 0.208. The maximum atomic E-state index is 14.4. The Morgan fingerprint density at radius 3 is 2.22 bits per heavy atom. The molecule has 2 aliphatic rings. The highest BCUT2D eigenvalue weighted by Crippen LogP contribution is 2.41. The van der Waals surface area contributed by atoms with Crippen molar-refractivity contribution < 1.29 is 37.9 Å². The molecule has 12 nitrogen and oxygen atoms in total. The standard InChI is InChI=1S/C37H48FN5O7/c1-5-37(6-2)20-30(33(46)41-28(19-26-16-17-39-32(26)45)31(44)34(47)40-23(3)4)43(22-37)35(48)29(18-24-12-14-27(38)15-13-24)42-36(49)50-21-25-10-8-7-9-11-25/h7-15,23,26,28-30H,5-6,16-22H2,1-4H3,(H,39,45)(H,40,47)(H,41,46)(H,42,49)/t26-,28?,29?,30-/m0/s1. The average Bonchev–Trinajstić information content (AvgIpc) is 3.70. The molecule has 5 amide bonds. The number of alkyl carbamates (subject to hydrolysis) is 1. The van der Waals surface area contributed by atoms with Gasteiger partial charge in [0.05, 0.1) is 6.04 Å². The molecule has 4 rings (SSSR count). The number of ketones is 1. The number of hydrogen-bond acceptors (Lipinski definition) is 7. The van der Waals surface area contributed by atoms with Crippen LogP contribution in [0.25, 0.3) is 0 Å². The summed E-state index contributed by atoms with van der Waals surface area (Å²) < 4.78 is 19.2. The molecule has 270 valence electrons. The lowest BCUT2D eigenvalue weighted by Crippen LogP contribution is -2.57. The van der Waals surface area contributed by atoms with E-state index in [1.807, 2.05) is 19.9 Å². The molecule has 13 heteroatoms. The second-order valence-corrected chi connectivity index (χ2v) is 13.5. The molecule has 2 fully saturated rings. The molecule has 2 aliphatic heterocycles. The first kappa shape index (κ1) is 38.0. The predicted octanol–water partition coefficient (Wildman–Crippen LogP) is 3.18. The number of likely N-dealkylation sites (tertiary alicyclic amines) is 1. The van der Waals surface area contributed by atoms with E-state index >= 15 is 0 Å². The van der Waals surface area contributed by atoms with Crippen LogP contribution in [0.15, 0.2) is 54.6 Å². The number of ether oxygens (including phenoxy) is 1. The van der Waals surface area contributed by atoms with E-state index < -0.39 is 64.9 Å². The van der Waals surface area contributed by atoms with E-state index in [1.54, 1.807) is 38.1 Å². The van der Waals surface area contributed by atoms with Crippen LogP contribution in [0.3, 0.4) is 0 Å². The largest absolute Gasteiger partial charge is 0.445 e. The minimum Gasteiger partial charge on any atom is -0.445 e. The number of rotatable bonds is 15. The molecule has 0 spiro atoms. The van der Waals surface area contributed by atoms with Crippen LogP contribution in [0.5, 0.6) is 0 Å². The highest BCUT2D eigenvalue weighted by atomic mass is 19.1. The molecule has 0 radical (unpaired) electrons. The van der Waals surface area contributed by atoms with E-state index in [-0.39, 0.29) is 44.4 Å². The Hall–Kier alpha value is -4.81. The number of halogens is 1. The summed E-state index contributed by atoms with van der Waals surface area (Å²) in [5, 5.41) is 10.7. The van der Waals surface area contributed by atoms with Crippen LogP contribution >= 0.6 is 0 Å². The highest BCUT2D eigenvalue weighted by Gasteiger charge is 2.49. The third-order valence-electron chi connectivity index (χ3n) is 9.71. The first-order valence-electron chi connectivity index (χ1n) is 17.3. The second kappa shape index (κ2) is 17.2. The van der Waals surface area contributed by atoms with Gasteiger partial charge in [-0.2, -0.15) is 0 Å². The average molecular weight is 694 g/mol. The fourth-order valence-corrected chi connectivity index (χ4v) is 6.59. The second-order valence-electron chi connectivity index (χ2n) is 13.5. The smallest absolute Gasteiger partial charge is 0.408 e. The zero-order chi connectivity index (χ0) is 36.4. The molecule has 4 atom stereocenters. The number of nitrogens with one attached hydrogen (secondary N) is 4. The maximum Gasteiger partial charge on any atom is 0.408 e. The molecular weight excluding hydrogens is 645 g/mol. The maximum absolute atomic E-state index is 14.4. The van der Waals surface area contributed by atoms with E-state index in [9.17, 15) is 33.2 Å². The van der Waals surface area contributed by atoms with Gasteiger partial charge in [0.2, 0.25) is 23.5 Å². The number of amides is 5. The molecule has 2 unspecified atom stereocenters. The minimum absolute atomic E-state index is 0.0110. The van der Waals surface area contributed by atoms with Gasteiger partial charge in [-0.15, -0.1) is 0 Å². The SMILES string of the molecule is CCC1(CC)C[C@@H](C(=O)NC(C[C@@H]2CCNC2=O)C(=O)C(=O)NC(C)C)N(C(=O)C(Cc2ccc(F)cc2)NC(=O)OCc2ccccc2)C1. The first-order chi connectivity index (χ1) is 23.8. The summed E-state index contributed by atoms with van der Waals surface area (Å²) in [5.41, 5.74) is 0.880. The molecule has 2 saturated heterocycles. The van der Waals surface area contributed by atoms with Gasteiger partial charge in [-0.25, -0.2) is 9.18 Å². The van der Waals surface area contributed by atoms with Gasteiger partial charge in [0.15, 0.2) is 0 Å². The van der Waals surface area contributed by atoms with Gasteiger partial charge in [-0.1, -0.05) is 56.3 Å². The van der Waals surface area contributed by atoms with Gasteiger partial charge in [-0.05, 0) is 74.6 Å². The molecule has 50 heavy (non-hydrogen) atoms. The molecule has 0 bridgehead atoms. The van der Waals surface area contributed by atoms with Gasteiger partial charge in [0.25, 0.3) is 5.91 Å². The minimum atomic E-state index is -1.30. The van der Waals surface area contributed by atoms with Gasteiger partial charge >= 0.3 is 6.09 Å². The Labute approximate surface area is 292 Å². The first-order valence-corrected chi connectivity index (χ1v) is 17.3. The Morgan fingerprint density at radius 1 is 0.940 bits per heavy atom. The molecule has 0 aromatic heterocycles. The van der Waals surface area contributed by atoms with Crippen molar-refractivity contribution in [3.8, 4) is 0 Å². The predicted molar refractivity (Wildman–Crippen MR) is 183 cm³/mol. The van der Waals surface area contributed by atoms with Gasteiger partial charge in [0.1, 0.15) is 24.5 Å². The zero-order valence-corrected chi connectivity index (χ0v) is 29.1. The third kappa shape index (κ3) is 9.88. The number of nitrogens with zero attached hydrogens (tertiary/aromatic N) is 1. The molecule has 0 aliphatic carbocycles. The topological polar surface area (TPSA) is 163 Å². The van der Waals surface area contributed by atoms with E-state index in [0.717, 1.165) is 5.56 Å². The molecular formula is C37H48FN5O7. The highest BCUT2D eigenvalue weighted by molar-refractivity contribution is 6.38. The zero-order valence-electron chi connectivity index (χ0n) is 29.1. The number of benzene rings is 2. The number of carbonyl (C=O) groups excluding carboxylic acids is 6. The third-order valence-corrected chi connectivity index (χ3v) is 9.71. The van der Waals surface area contributed by atoms with Crippen molar-refractivity contribution >= 4 is 35.5 Å². The summed E-state index contributed by atoms with van der Waals surface area (Å²) in [6.07, 6.45) is 1.09. The van der Waals surface area contributed by atoms with E-state index in [4.69, 9.17) is 4.74 Å². The van der Waals surface area contributed by atoms with Crippen molar-refractivity contribution in [1.82, 2.24) is 26.2 Å². The fourth-order valence-electron chi connectivity index (χ4n) is 6.59. The van der Waals surface area contributed by atoms with Gasteiger partial charge < -0.3 is 30.9 Å². The Balaban J connectivity index is 1.60. The summed E-state index contributed by atoms with van der Waals surface area (Å²) in [4.78, 5) is 81.7. The van der Waals surface area contributed by atoms with Crippen LogP contribution < -0.4 is 21.3 Å². The van der Waals surface area contributed by atoms with Crippen molar-refractivity contribution in [3.05, 3.63) is 71.5 Å². The van der Waals surface area contributed by atoms with Gasteiger partial charge in [-0.3, -0.25) is 24.0 Å².